The third-order valence-electron chi connectivity index (χ3n) is 6.48. The van der Waals surface area contributed by atoms with E-state index >= 15 is 0 Å². The predicted octanol–water partition coefficient (Wildman–Crippen LogP) is 4.73. The Kier molecular flexibility index (Phi) is 5.47. The third kappa shape index (κ3) is 4.26. The van der Waals surface area contributed by atoms with Crippen LogP contribution in [0.3, 0.4) is 0 Å². The molecular weight excluding hydrogens is 454 g/mol. The van der Waals surface area contributed by atoms with E-state index < -0.39 is 26.6 Å². The number of likely N-dealkylation sites (tertiary alicyclic amines) is 1. The molecule has 0 bridgehead atoms. The van der Waals surface area contributed by atoms with Crippen LogP contribution in [-0.4, -0.2) is 29.2 Å². The monoisotopic (exact) mass is 476 g/mol. The van der Waals surface area contributed by atoms with Crippen LogP contribution in [0.25, 0.3) is 0 Å². The minimum Gasteiger partial charge on any atom is -0.292 e. The molecule has 3 aromatic rings. The molecule has 10 heteroatoms. The molecule has 1 saturated heterocycles. The van der Waals surface area contributed by atoms with E-state index in [4.69, 9.17) is 0 Å². The summed E-state index contributed by atoms with van der Waals surface area (Å²) in [5, 5.41) is -0.0121. The van der Waals surface area contributed by atoms with Gasteiger partial charge in [0.1, 0.15) is 22.9 Å². The van der Waals surface area contributed by atoms with Crippen molar-refractivity contribution >= 4 is 26.7 Å². The molecule has 32 heavy (non-hydrogen) atoms. The van der Waals surface area contributed by atoms with Gasteiger partial charge in [-0.15, -0.1) is 0 Å². The highest BCUT2D eigenvalue weighted by molar-refractivity contribution is 7.93. The standard InChI is InChI=1S/C22H22F2N4O2S2/c23-17-11-20(32(29,30)27-21-25-14-26-31-21)18(24)10-16(17)13-28-9-8-22(6-7-22)12-19(28)15-4-2-1-3-5-15/h1-5,10-11,14,19H,6-9,12-13H2,(H,25,26,27)/t19-/m1/s1. The molecule has 1 saturated carbocycles. The van der Waals surface area contributed by atoms with Crippen molar-refractivity contribution in [2.24, 2.45) is 5.41 Å². The molecule has 2 heterocycles. The largest absolute Gasteiger partial charge is 0.292 e. The first-order chi connectivity index (χ1) is 15.4. The normalized spacial score (nSPS) is 20.4. The molecule has 2 aliphatic rings. The zero-order valence-corrected chi connectivity index (χ0v) is 18.8. The SMILES string of the molecule is O=S(=O)(Nc1ncns1)c1cc(F)c(CN2CCC3(CC3)C[C@@H]2c2ccccc2)cc1F. The fourth-order valence-corrected chi connectivity index (χ4v) is 6.24. The predicted molar refractivity (Wildman–Crippen MR) is 118 cm³/mol. The van der Waals surface area contributed by atoms with Crippen molar-refractivity contribution in [2.45, 2.75) is 43.2 Å². The molecule has 6 nitrogen and oxygen atoms in total. The van der Waals surface area contributed by atoms with Gasteiger partial charge in [-0.05, 0) is 55.3 Å². The Balaban J connectivity index is 1.40. The van der Waals surface area contributed by atoms with E-state index in [2.05, 4.69) is 31.1 Å². The van der Waals surface area contributed by atoms with Gasteiger partial charge in [0.2, 0.25) is 5.13 Å². The van der Waals surface area contributed by atoms with E-state index in [1.807, 2.05) is 18.2 Å². The van der Waals surface area contributed by atoms with E-state index in [1.54, 1.807) is 0 Å². The van der Waals surface area contributed by atoms with Crippen LogP contribution in [0.2, 0.25) is 0 Å². The van der Waals surface area contributed by atoms with Crippen LogP contribution in [0, 0.1) is 17.0 Å². The molecule has 2 fully saturated rings. The Morgan fingerprint density at radius 3 is 2.59 bits per heavy atom. The van der Waals surface area contributed by atoms with Crippen molar-refractivity contribution in [1.82, 2.24) is 14.3 Å². The van der Waals surface area contributed by atoms with Gasteiger partial charge < -0.3 is 0 Å². The van der Waals surface area contributed by atoms with Crippen LogP contribution in [0.4, 0.5) is 13.9 Å². The first-order valence-corrected chi connectivity index (χ1v) is 12.7. The van der Waals surface area contributed by atoms with Gasteiger partial charge in [0.25, 0.3) is 10.0 Å². The number of anilines is 1. The third-order valence-corrected chi connectivity index (χ3v) is 8.55. The Bertz CT molecular complexity index is 1220. The van der Waals surface area contributed by atoms with Gasteiger partial charge in [-0.3, -0.25) is 9.62 Å². The minimum absolute atomic E-state index is 0.0121. The second-order valence-corrected chi connectivity index (χ2v) is 11.0. The Morgan fingerprint density at radius 1 is 1.12 bits per heavy atom. The quantitative estimate of drug-likeness (QED) is 0.557. The number of rotatable bonds is 6. The highest BCUT2D eigenvalue weighted by Gasteiger charge is 2.48. The van der Waals surface area contributed by atoms with Crippen LogP contribution in [0.1, 0.15) is 42.9 Å². The van der Waals surface area contributed by atoms with E-state index in [0.29, 0.717) is 5.41 Å². The molecule has 168 valence electrons. The molecule has 1 spiro atoms. The maximum atomic E-state index is 15.0. The lowest BCUT2D eigenvalue weighted by Gasteiger charge is -2.40. The number of nitrogens with zero attached hydrogens (tertiary/aromatic N) is 3. The fourth-order valence-electron chi connectivity index (χ4n) is 4.51. The highest BCUT2D eigenvalue weighted by atomic mass is 32.2. The number of sulfonamides is 1. The molecule has 1 aromatic heterocycles. The van der Waals surface area contributed by atoms with Gasteiger partial charge in [0, 0.05) is 29.7 Å². The minimum atomic E-state index is -4.32. The Morgan fingerprint density at radius 2 is 1.91 bits per heavy atom. The average molecular weight is 477 g/mol. The number of nitrogens with one attached hydrogen (secondary N) is 1. The van der Waals surface area contributed by atoms with Crippen molar-refractivity contribution in [3.63, 3.8) is 0 Å². The number of piperidine rings is 1. The Labute approximate surface area is 189 Å². The number of benzene rings is 2. The van der Waals surface area contributed by atoms with Gasteiger partial charge in [-0.25, -0.2) is 22.2 Å². The number of hydrogen-bond donors (Lipinski definition) is 1. The maximum absolute atomic E-state index is 15.0. The van der Waals surface area contributed by atoms with Crippen LogP contribution in [-0.2, 0) is 16.6 Å². The summed E-state index contributed by atoms with van der Waals surface area (Å²) in [7, 11) is -4.32. The lowest BCUT2D eigenvalue weighted by atomic mass is 9.84. The molecule has 1 atom stereocenters. The molecule has 1 N–H and O–H groups in total. The molecule has 0 unspecified atom stereocenters. The van der Waals surface area contributed by atoms with Gasteiger partial charge in [0.05, 0.1) is 0 Å². The number of hydrogen-bond acceptors (Lipinski definition) is 6. The first-order valence-electron chi connectivity index (χ1n) is 10.4. The summed E-state index contributed by atoms with van der Waals surface area (Å²) in [6, 6.07) is 12.0. The summed E-state index contributed by atoms with van der Waals surface area (Å²) in [6.07, 6.45) is 5.66. The number of aromatic nitrogens is 2. The Hall–Kier alpha value is -2.43. The number of halogens is 2. The zero-order valence-electron chi connectivity index (χ0n) is 17.2. The van der Waals surface area contributed by atoms with Crippen LogP contribution < -0.4 is 4.72 Å². The average Bonchev–Trinajstić information content (AvgIpc) is 3.33. The molecule has 1 aliphatic carbocycles. The van der Waals surface area contributed by atoms with Crippen molar-refractivity contribution in [3.05, 3.63) is 71.6 Å². The van der Waals surface area contributed by atoms with Crippen LogP contribution in [0.5, 0.6) is 0 Å². The summed E-state index contributed by atoms with van der Waals surface area (Å²) >= 11 is 0.810. The highest BCUT2D eigenvalue weighted by Crippen LogP contribution is 2.58. The molecule has 0 amide bonds. The maximum Gasteiger partial charge on any atom is 0.266 e. The zero-order chi connectivity index (χ0) is 22.3. The molecule has 0 radical (unpaired) electrons. The van der Waals surface area contributed by atoms with E-state index in [0.717, 1.165) is 43.1 Å². The van der Waals surface area contributed by atoms with E-state index in [9.17, 15) is 17.2 Å². The summed E-state index contributed by atoms with van der Waals surface area (Å²) < 4.78 is 60.6. The second-order valence-electron chi connectivity index (χ2n) is 8.58. The van der Waals surface area contributed by atoms with Gasteiger partial charge >= 0.3 is 0 Å². The summed E-state index contributed by atoms with van der Waals surface area (Å²) in [4.78, 5) is 5.15. The smallest absolute Gasteiger partial charge is 0.266 e. The second kappa shape index (κ2) is 8.17. The van der Waals surface area contributed by atoms with Crippen molar-refractivity contribution in [2.75, 3.05) is 11.3 Å². The molecular formula is C22H22F2N4O2S2. The van der Waals surface area contributed by atoms with Crippen LogP contribution >= 0.6 is 11.5 Å². The topological polar surface area (TPSA) is 75.2 Å². The summed E-state index contributed by atoms with van der Waals surface area (Å²) in [5.74, 6) is -1.74. The van der Waals surface area contributed by atoms with Crippen molar-refractivity contribution < 1.29 is 17.2 Å². The lowest BCUT2D eigenvalue weighted by Crippen LogP contribution is -2.37. The molecule has 5 rings (SSSR count). The van der Waals surface area contributed by atoms with Gasteiger partial charge in [-0.1, -0.05) is 30.3 Å². The first kappa shape index (κ1) is 21.4. The summed E-state index contributed by atoms with van der Waals surface area (Å²) in [5.41, 5.74) is 1.69. The molecule has 1 aliphatic heterocycles. The fraction of sp³-hybridized carbons (Fsp3) is 0.364. The molecule has 2 aromatic carbocycles. The lowest BCUT2D eigenvalue weighted by molar-refractivity contribution is 0.0928. The van der Waals surface area contributed by atoms with E-state index in [-0.39, 0.29) is 23.3 Å². The van der Waals surface area contributed by atoms with Gasteiger partial charge in [0.15, 0.2) is 0 Å². The summed E-state index contributed by atoms with van der Waals surface area (Å²) in [6.45, 7) is 1.00. The van der Waals surface area contributed by atoms with Crippen molar-refractivity contribution in [3.8, 4) is 0 Å². The van der Waals surface area contributed by atoms with Gasteiger partial charge in [-0.2, -0.15) is 4.37 Å². The van der Waals surface area contributed by atoms with Crippen molar-refractivity contribution in [1.29, 1.82) is 0 Å². The van der Waals surface area contributed by atoms with Crippen LogP contribution in [0.15, 0.2) is 53.7 Å². The van der Waals surface area contributed by atoms with E-state index in [1.165, 1.54) is 24.7 Å².